The van der Waals surface area contributed by atoms with Crippen LogP contribution in [0.5, 0.6) is 0 Å². The second-order valence-electron chi connectivity index (χ2n) is 5.33. The van der Waals surface area contributed by atoms with E-state index in [2.05, 4.69) is 64.3 Å². The lowest BCUT2D eigenvalue weighted by atomic mass is 10.2. The highest BCUT2D eigenvalue weighted by Crippen LogP contribution is 2.23. The van der Waals surface area contributed by atoms with Gasteiger partial charge in [0.05, 0.1) is 11.0 Å². The molecule has 0 aliphatic carbocycles. The lowest BCUT2D eigenvalue weighted by Crippen LogP contribution is -1.99. The fourth-order valence-corrected chi connectivity index (χ4v) is 3.21. The summed E-state index contributed by atoms with van der Waals surface area (Å²) < 4.78 is 2.10. The van der Waals surface area contributed by atoms with Crippen molar-refractivity contribution in [3.05, 3.63) is 76.4 Å². The SMILES string of the molecule is Cc1ccc2c(c1)nc(/C=C/c1cccs1)n2-c1ccccn1. The van der Waals surface area contributed by atoms with Crippen LogP contribution in [-0.4, -0.2) is 14.5 Å². The number of hydrogen-bond acceptors (Lipinski definition) is 3. The number of benzene rings is 1. The van der Waals surface area contributed by atoms with Gasteiger partial charge in [0.15, 0.2) is 0 Å². The number of rotatable bonds is 3. The van der Waals surface area contributed by atoms with Gasteiger partial charge >= 0.3 is 0 Å². The molecule has 0 fully saturated rings. The zero-order valence-electron chi connectivity index (χ0n) is 12.7. The summed E-state index contributed by atoms with van der Waals surface area (Å²) in [6.07, 6.45) is 5.95. The van der Waals surface area contributed by atoms with Gasteiger partial charge in [-0.1, -0.05) is 18.2 Å². The number of hydrogen-bond donors (Lipinski definition) is 0. The molecule has 0 spiro atoms. The maximum Gasteiger partial charge on any atom is 0.139 e. The molecule has 112 valence electrons. The highest BCUT2D eigenvalue weighted by Gasteiger charge is 2.11. The predicted octanol–water partition coefficient (Wildman–Crippen LogP) is 4.96. The van der Waals surface area contributed by atoms with Crippen LogP contribution in [0.3, 0.4) is 0 Å². The van der Waals surface area contributed by atoms with Gasteiger partial charge in [-0.3, -0.25) is 4.57 Å². The Bertz CT molecular complexity index is 967. The predicted molar refractivity (Wildman–Crippen MR) is 96.8 cm³/mol. The highest BCUT2D eigenvalue weighted by atomic mass is 32.1. The zero-order chi connectivity index (χ0) is 15.6. The van der Waals surface area contributed by atoms with Crippen molar-refractivity contribution in [2.75, 3.05) is 0 Å². The van der Waals surface area contributed by atoms with Gasteiger partial charge in [0, 0.05) is 11.1 Å². The largest absolute Gasteiger partial charge is 0.277 e. The van der Waals surface area contributed by atoms with Gasteiger partial charge in [0.2, 0.25) is 0 Å². The second kappa shape index (κ2) is 5.82. The zero-order valence-corrected chi connectivity index (χ0v) is 13.5. The third-order valence-electron chi connectivity index (χ3n) is 3.65. The first kappa shape index (κ1) is 13.9. The van der Waals surface area contributed by atoms with E-state index in [0.29, 0.717) is 0 Å². The van der Waals surface area contributed by atoms with Crippen LogP contribution >= 0.6 is 11.3 Å². The molecule has 4 heteroatoms. The number of pyridine rings is 1. The fourth-order valence-electron chi connectivity index (χ4n) is 2.59. The quantitative estimate of drug-likeness (QED) is 0.534. The lowest BCUT2D eigenvalue weighted by molar-refractivity contribution is 1.01. The lowest BCUT2D eigenvalue weighted by Gasteiger charge is -2.05. The maximum atomic E-state index is 4.79. The molecule has 0 aliphatic heterocycles. The van der Waals surface area contributed by atoms with Crippen molar-refractivity contribution in [3.63, 3.8) is 0 Å². The molecule has 0 radical (unpaired) electrons. The van der Waals surface area contributed by atoms with Gasteiger partial charge in [0.25, 0.3) is 0 Å². The van der Waals surface area contributed by atoms with E-state index in [1.807, 2.05) is 24.4 Å². The van der Waals surface area contributed by atoms with Gasteiger partial charge in [0.1, 0.15) is 11.6 Å². The molecule has 23 heavy (non-hydrogen) atoms. The van der Waals surface area contributed by atoms with Crippen molar-refractivity contribution in [1.29, 1.82) is 0 Å². The molecule has 3 nitrogen and oxygen atoms in total. The maximum absolute atomic E-state index is 4.79. The van der Waals surface area contributed by atoms with E-state index in [1.165, 1.54) is 10.4 Å². The summed E-state index contributed by atoms with van der Waals surface area (Å²) in [6, 6.07) is 16.4. The minimum absolute atomic E-state index is 0.879. The topological polar surface area (TPSA) is 30.7 Å². The molecule has 3 heterocycles. The van der Waals surface area contributed by atoms with Crippen molar-refractivity contribution in [1.82, 2.24) is 14.5 Å². The average molecular weight is 317 g/mol. The van der Waals surface area contributed by atoms with Gasteiger partial charge in [-0.05, 0) is 60.4 Å². The highest BCUT2D eigenvalue weighted by molar-refractivity contribution is 7.10. The number of imidazole rings is 1. The van der Waals surface area contributed by atoms with Crippen LogP contribution < -0.4 is 0 Å². The van der Waals surface area contributed by atoms with E-state index in [0.717, 1.165) is 22.7 Å². The van der Waals surface area contributed by atoms with Gasteiger partial charge < -0.3 is 0 Å². The Morgan fingerprint density at radius 1 is 1.04 bits per heavy atom. The second-order valence-corrected chi connectivity index (χ2v) is 6.31. The minimum Gasteiger partial charge on any atom is -0.277 e. The molecular formula is C19H15N3S. The first-order valence-corrected chi connectivity index (χ1v) is 8.31. The number of nitrogens with zero attached hydrogens (tertiary/aromatic N) is 3. The third kappa shape index (κ3) is 2.69. The van der Waals surface area contributed by atoms with Crippen LogP contribution in [0.15, 0.2) is 60.1 Å². The molecule has 0 saturated carbocycles. The minimum atomic E-state index is 0.879. The molecule has 0 amide bonds. The number of fused-ring (bicyclic) bond motifs is 1. The van der Waals surface area contributed by atoms with Crippen molar-refractivity contribution in [2.45, 2.75) is 6.92 Å². The van der Waals surface area contributed by atoms with Gasteiger partial charge in [-0.15, -0.1) is 11.3 Å². The van der Waals surface area contributed by atoms with Crippen molar-refractivity contribution in [3.8, 4) is 5.82 Å². The van der Waals surface area contributed by atoms with E-state index >= 15 is 0 Å². The van der Waals surface area contributed by atoms with E-state index < -0.39 is 0 Å². The fraction of sp³-hybridized carbons (Fsp3) is 0.0526. The monoisotopic (exact) mass is 317 g/mol. The smallest absolute Gasteiger partial charge is 0.139 e. The summed E-state index contributed by atoms with van der Waals surface area (Å²) in [5.74, 6) is 1.77. The number of aryl methyl sites for hydroxylation is 1. The van der Waals surface area contributed by atoms with Crippen LogP contribution in [0, 0.1) is 6.92 Å². The standard InChI is InChI=1S/C19H15N3S/c1-14-7-9-17-16(13-14)21-19(10-8-15-5-4-12-23-15)22(17)18-6-2-3-11-20-18/h2-13H,1H3/b10-8+. The molecule has 0 bridgehead atoms. The van der Waals surface area contributed by atoms with Crippen LogP contribution in [0.4, 0.5) is 0 Å². The molecule has 0 saturated heterocycles. The Hall–Kier alpha value is -2.72. The van der Waals surface area contributed by atoms with Crippen LogP contribution in [0.25, 0.3) is 29.0 Å². The van der Waals surface area contributed by atoms with Crippen LogP contribution in [-0.2, 0) is 0 Å². The van der Waals surface area contributed by atoms with E-state index in [4.69, 9.17) is 4.98 Å². The molecule has 4 rings (SSSR count). The first-order valence-electron chi connectivity index (χ1n) is 7.43. The Morgan fingerprint density at radius 2 is 2.00 bits per heavy atom. The summed E-state index contributed by atoms with van der Waals surface area (Å²) in [5, 5.41) is 2.07. The molecular weight excluding hydrogens is 302 g/mol. The average Bonchev–Trinajstić information content (AvgIpc) is 3.20. The van der Waals surface area contributed by atoms with E-state index in [-0.39, 0.29) is 0 Å². The Balaban J connectivity index is 1.92. The molecule has 0 aliphatic rings. The first-order chi connectivity index (χ1) is 11.3. The summed E-state index contributed by atoms with van der Waals surface area (Å²) in [6.45, 7) is 2.08. The van der Waals surface area contributed by atoms with Crippen molar-refractivity contribution >= 4 is 34.5 Å². The van der Waals surface area contributed by atoms with Gasteiger partial charge in [-0.2, -0.15) is 0 Å². The summed E-state index contributed by atoms with van der Waals surface area (Å²) in [4.78, 5) is 10.5. The molecule has 0 unspecified atom stereocenters. The molecule has 1 aromatic carbocycles. The van der Waals surface area contributed by atoms with Crippen LogP contribution in [0.2, 0.25) is 0 Å². The molecule has 0 N–H and O–H groups in total. The summed E-state index contributed by atoms with van der Waals surface area (Å²) in [7, 11) is 0. The molecule has 4 aromatic rings. The Morgan fingerprint density at radius 3 is 2.78 bits per heavy atom. The Kier molecular flexibility index (Phi) is 3.52. The van der Waals surface area contributed by atoms with E-state index in [1.54, 1.807) is 11.3 Å². The van der Waals surface area contributed by atoms with Crippen molar-refractivity contribution in [2.24, 2.45) is 0 Å². The summed E-state index contributed by atoms with van der Waals surface area (Å²) >= 11 is 1.71. The van der Waals surface area contributed by atoms with Crippen LogP contribution in [0.1, 0.15) is 16.3 Å². The Labute approximate surface area is 138 Å². The summed E-state index contributed by atoms with van der Waals surface area (Å²) in [5.41, 5.74) is 3.26. The van der Waals surface area contributed by atoms with Crippen molar-refractivity contribution < 1.29 is 0 Å². The number of aromatic nitrogens is 3. The molecule has 0 atom stereocenters. The number of thiophene rings is 1. The third-order valence-corrected chi connectivity index (χ3v) is 4.49. The normalized spacial score (nSPS) is 11.5. The molecule has 3 aromatic heterocycles. The van der Waals surface area contributed by atoms with Gasteiger partial charge in [-0.25, -0.2) is 9.97 Å². The van der Waals surface area contributed by atoms with E-state index in [9.17, 15) is 0 Å².